The van der Waals surface area contributed by atoms with Crippen molar-refractivity contribution in [2.75, 3.05) is 6.54 Å². The molecule has 0 spiro atoms. The number of hydrogen-bond donors (Lipinski definition) is 1. The van der Waals surface area contributed by atoms with Crippen molar-refractivity contribution < 1.29 is 0 Å². The second kappa shape index (κ2) is 5.65. The maximum Gasteiger partial charge on any atom is 0.0450 e. The molecule has 2 rings (SSSR count). The highest BCUT2D eigenvalue weighted by atomic mass is 15.2. The van der Waals surface area contributed by atoms with Crippen LogP contribution in [0.3, 0.4) is 0 Å². The van der Waals surface area contributed by atoms with Crippen LogP contribution in [-0.4, -0.2) is 23.5 Å². The molecule has 0 amide bonds. The predicted octanol–water partition coefficient (Wildman–Crippen LogP) is 2.95. The van der Waals surface area contributed by atoms with E-state index in [9.17, 15) is 0 Å². The van der Waals surface area contributed by atoms with Gasteiger partial charge in [0, 0.05) is 18.1 Å². The molecule has 94 valence electrons. The van der Waals surface area contributed by atoms with Gasteiger partial charge in [-0.2, -0.15) is 0 Å². The average Bonchev–Trinajstić information content (AvgIpc) is 2.86. The van der Waals surface area contributed by atoms with Gasteiger partial charge >= 0.3 is 0 Å². The Hall–Kier alpha value is -0.860. The Morgan fingerprint density at radius 2 is 2.06 bits per heavy atom. The SMILES string of the molecule is CCC1CCCN1C(C)C(N)c1ccccc1. The van der Waals surface area contributed by atoms with Crippen molar-refractivity contribution in [3.8, 4) is 0 Å². The molecule has 1 saturated heterocycles. The topological polar surface area (TPSA) is 29.3 Å². The molecule has 2 heteroatoms. The third-order valence-corrected chi connectivity index (χ3v) is 4.12. The fraction of sp³-hybridized carbons (Fsp3) is 0.600. The summed E-state index contributed by atoms with van der Waals surface area (Å²) in [5, 5.41) is 0. The lowest BCUT2D eigenvalue weighted by molar-refractivity contribution is 0.165. The van der Waals surface area contributed by atoms with E-state index in [1.165, 1.54) is 31.4 Å². The maximum absolute atomic E-state index is 6.39. The average molecular weight is 232 g/mol. The van der Waals surface area contributed by atoms with Crippen LogP contribution in [-0.2, 0) is 0 Å². The first kappa shape index (κ1) is 12.6. The van der Waals surface area contributed by atoms with Crippen LogP contribution >= 0.6 is 0 Å². The zero-order chi connectivity index (χ0) is 12.3. The summed E-state index contributed by atoms with van der Waals surface area (Å²) in [6, 6.07) is 11.8. The van der Waals surface area contributed by atoms with Crippen molar-refractivity contribution in [1.82, 2.24) is 4.90 Å². The molecule has 3 atom stereocenters. The van der Waals surface area contributed by atoms with Gasteiger partial charge in [0.25, 0.3) is 0 Å². The molecule has 1 aliphatic rings. The van der Waals surface area contributed by atoms with Gasteiger partial charge in [-0.15, -0.1) is 0 Å². The van der Waals surface area contributed by atoms with E-state index in [4.69, 9.17) is 5.73 Å². The summed E-state index contributed by atoms with van der Waals surface area (Å²) in [6.07, 6.45) is 3.90. The minimum atomic E-state index is 0.128. The fourth-order valence-electron chi connectivity index (χ4n) is 2.99. The summed E-state index contributed by atoms with van der Waals surface area (Å²) in [5.41, 5.74) is 7.65. The van der Waals surface area contributed by atoms with Gasteiger partial charge in [-0.1, -0.05) is 37.3 Å². The van der Waals surface area contributed by atoms with Gasteiger partial charge in [0.1, 0.15) is 0 Å². The minimum Gasteiger partial charge on any atom is -0.323 e. The molecule has 1 fully saturated rings. The minimum absolute atomic E-state index is 0.128. The van der Waals surface area contributed by atoms with Crippen molar-refractivity contribution in [1.29, 1.82) is 0 Å². The molecule has 3 unspecified atom stereocenters. The molecule has 1 aliphatic heterocycles. The summed E-state index contributed by atoms with van der Waals surface area (Å²) >= 11 is 0. The highest BCUT2D eigenvalue weighted by Gasteiger charge is 2.30. The molecule has 0 saturated carbocycles. The molecule has 0 aliphatic carbocycles. The van der Waals surface area contributed by atoms with E-state index < -0.39 is 0 Å². The van der Waals surface area contributed by atoms with E-state index in [0.29, 0.717) is 6.04 Å². The normalized spacial score (nSPS) is 24.8. The molecule has 0 radical (unpaired) electrons. The highest BCUT2D eigenvalue weighted by molar-refractivity contribution is 5.20. The van der Waals surface area contributed by atoms with Crippen LogP contribution in [0.5, 0.6) is 0 Å². The molecule has 2 N–H and O–H groups in total. The second-order valence-electron chi connectivity index (χ2n) is 5.12. The first-order valence-electron chi connectivity index (χ1n) is 6.80. The summed E-state index contributed by atoms with van der Waals surface area (Å²) < 4.78 is 0. The number of nitrogens with zero attached hydrogens (tertiary/aromatic N) is 1. The van der Waals surface area contributed by atoms with E-state index in [2.05, 4.69) is 43.0 Å². The van der Waals surface area contributed by atoms with Crippen molar-refractivity contribution >= 4 is 0 Å². The van der Waals surface area contributed by atoms with Crippen molar-refractivity contribution in [2.24, 2.45) is 5.73 Å². The van der Waals surface area contributed by atoms with Gasteiger partial charge in [-0.3, -0.25) is 4.90 Å². The maximum atomic E-state index is 6.39. The number of likely N-dealkylation sites (tertiary alicyclic amines) is 1. The van der Waals surface area contributed by atoms with Crippen molar-refractivity contribution in [2.45, 2.75) is 51.2 Å². The Balaban J connectivity index is 2.07. The first-order chi connectivity index (χ1) is 8.24. The van der Waals surface area contributed by atoms with Gasteiger partial charge in [-0.05, 0) is 38.3 Å². The Morgan fingerprint density at radius 3 is 2.71 bits per heavy atom. The summed E-state index contributed by atoms with van der Waals surface area (Å²) in [7, 11) is 0. The summed E-state index contributed by atoms with van der Waals surface area (Å²) in [4.78, 5) is 2.59. The lowest BCUT2D eigenvalue weighted by Crippen LogP contribution is -2.43. The molecule has 1 aromatic rings. The zero-order valence-electron chi connectivity index (χ0n) is 11.0. The van der Waals surface area contributed by atoms with Gasteiger partial charge < -0.3 is 5.73 Å². The number of rotatable bonds is 4. The van der Waals surface area contributed by atoms with Crippen molar-refractivity contribution in [3.05, 3.63) is 35.9 Å². The number of hydrogen-bond acceptors (Lipinski definition) is 2. The van der Waals surface area contributed by atoms with Crippen LogP contribution < -0.4 is 5.73 Å². The van der Waals surface area contributed by atoms with E-state index in [0.717, 1.165) is 6.04 Å². The number of nitrogens with two attached hydrogens (primary N) is 1. The van der Waals surface area contributed by atoms with Crippen LogP contribution in [0.1, 0.15) is 44.7 Å². The standard InChI is InChI=1S/C15H24N2/c1-3-14-10-7-11-17(14)12(2)15(16)13-8-5-4-6-9-13/h4-6,8-9,12,14-15H,3,7,10-11,16H2,1-2H3. The molecule has 1 heterocycles. The molecular weight excluding hydrogens is 208 g/mol. The molecule has 0 aromatic heterocycles. The molecule has 0 bridgehead atoms. The van der Waals surface area contributed by atoms with E-state index in [1.54, 1.807) is 0 Å². The molecule has 2 nitrogen and oxygen atoms in total. The summed E-state index contributed by atoms with van der Waals surface area (Å²) in [6.45, 7) is 5.76. The van der Waals surface area contributed by atoms with Gasteiger partial charge in [0.15, 0.2) is 0 Å². The first-order valence-corrected chi connectivity index (χ1v) is 6.80. The van der Waals surface area contributed by atoms with E-state index in [-0.39, 0.29) is 6.04 Å². The predicted molar refractivity (Wildman–Crippen MR) is 72.9 cm³/mol. The van der Waals surface area contributed by atoms with Crippen LogP contribution in [0, 0.1) is 0 Å². The Labute approximate surface area is 105 Å². The molecule has 17 heavy (non-hydrogen) atoms. The monoisotopic (exact) mass is 232 g/mol. The Kier molecular flexibility index (Phi) is 4.19. The van der Waals surface area contributed by atoms with E-state index >= 15 is 0 Å². The zero-order valence-corrected chi connectivity index (χ0v) is 11.0. The van der Waals surface area contributed by atoms with Crippen LogP contribution in [0.25, 0.3) is 0 Å². The quantitative estimate of drug-likeness (QED) is 0.865. The van der Waals surface area contributed by atoms with Gasteiger partial charge in [-0.25, -0.2) is 0 Å². The molecule has 1 aromatic carbocycles. The van der Waals surface area contributed by atoms with Gasteiger partial charge in [0.2, 0.25) is 0 Å². The lowest BCUT2D eigenvalue weighted by Gasteiger charge is -2.34. The highest BCUT2D eigenvalue weighted by Crippen LogP contribution is 2.27. The van der Waals surface area contributed by atoms with Gasteiger partial charge in [0.05, 0.1) is 0 Å². The van der Waals surface area contributed by atoms with Crippen molar-refractivity contribution in [3.63, 3.8) is 0 Å². The van der Waals surface area contributed by atoms with Crippen LogP contribution in [0.15, 0.2) is 30.3 Å². The fourth-order valence-corrected chi connectivity index (χ4v) is 2.99. The number of benzene rings is 1. The smallest absolute Gasteiger partial charge is 0.0450 e. The largest absolute Gasteiger partial charge is 0.323 e. The lowest BCUT2D eigenvalue weighted by atomic mass is 9.99. The molecular formula is C15H24N2. The van der Waals surface area contributed by atoms with E-state index in [1.807, 2.05) is 6.07 Å². The van der Waals surface area contributed by atoms with Crippen LogP contribution in [0.4, 0.5) is 0 Å². The Morgan fingerprint density at radius 1 is 1.35 bits per heavy atom. The summed E-state index contributed by atoms with van der Waals surface area (Å²) in [5.74, 6) is 0. The van der Waals surface area contributed by atoms with Crippen LogP contribution in [0.2, 0.25) is 0 Å². The Bertz CT molecular complexity index is 336. The third kappa shape index (κ3) is 2.70. The second-order valence-corrected chi connectivity index (χ2v) is 5.12. The third-order valence-electron chi connectivity index (χ3n) is 4.12.